The molecule has 24 heavy (non-hydrogen) atoms. The predicted octanol–water partition coefficient (Wildman–Crippen LogP) is 2.35. The van der Waals surface area contributed by atoms with Gasteiger partial charge in [0.05, 0.1) is 6.10 Å². The third-order valence-electron chi connectivity index (χ3n) is 5.76. The molecule has 2 saturated carbocycles. The first-order chi connectivity index (χ1) is 11.5. The Hall–Kier alpha value is -1.69. The van der Waals surface area contributed by atoms with Crippen molar-refractivity contribution in [3.8, 4) is 0 Å². The predicted molar refractivity (Wildman–Crippen MR) is 93.2 cm³/mol. The van der Waals surface area contributed by atoms with Gasteiger partial charge in [-0.05, 0) is 38.3 Å². The molecule has 0 aromatic carbocycles. The molecule has 6 heteroatoms. The zero-order valence-electron chi connectivity index (χ0n) is 15.2. The maximum absolute atomic E-state index is 12.8. The van der Waals surface area contributed by atoms with Crippen LogP contribution >= 0.6 is 0 Å². The molecular weight excluding hydrogens is 304 g/mol. The molecule has 1 heterocycles. The van der Waals surface area contributed by atoms with E-state index in [4.69, 9.17) is 4.74 Å². The maximum atomic E-state index is 12.8. The van der Waals surface area contributed by atoms with Crippen LogP contribution in [-0.4, -0.2) is 60.9 Å². The molecule has 2 aliphatic rings. The smallest absolute Gasteiger partial charge is 0.274 e. The number of amides is 1. The average Bonchev–Trinajstić information content (AvgIpc) is 3.10. The van der Waals surface area contributed by atoms with Gasteiger partial charge in [0.15, 0.2) is 11.5 Å². The van der Waals surface area contributed by atoms with Crippen LogP contribution in [-0.2, 0) is 4.74 Å². The first-order valence-corrected chi connectivity index (χ1v) is 8.89. The zero-order chi connectivity index (χ0) is 17.3. The van der Waals surface area contributed by atoms with Gasteiger partial charge in [-0.15, -0.1) is 10.2 Å². The summed E-state index contributed by atoms with van der Waals surface area (Å²) in [6, 6.07) is 3.85. The van der Waals surface area contributed by atoms with Gasteiger partial charge < -0.3 is 14.5 Å². The lowest BCUT2D eigenvalue weighted by Crippen LogP contribution is -2.64. The highest BCUT2D eigenvalue weighted by molar-refractivity contribution is 5.92. The number of hydrogen-bond donors (Lipinski definition) is 0. The van der Waals surface area contributed by atoms with Gasteiger partial charge >= 0.3 is 0 Å². The van der Waals surface area contributed by atoms with E-state index in [0.717, 1.165) is 31.7 Å². The van der Waals surface area contributed by atoms with E-state index in [0.29, 0.717) is 11.8 Å². The SMILES string of the molecule is CCOC1CC(N(C)C(=O)c2ccc(N(C)C)nn2)C12CCCC2. The van der Waals surface area contributed by atoms with E-state index in [9.17, 15) is 4.79 Å². The van der Waals surface area contributed by atoms with Gasteiger partial charge in [-0.25, -0.2) is 0 Å². The maximum Gasteiger partial charge on any atom is 0.274 e. The van der Waals surface area contributed by atoms with E-state index in [-0.39, 0.29) is 17.4 Å². The Balaban J connectivity index is 1.73. The summed E-state index contributed by atoms with van der Waals surface area (Å²) in [5.41, 5.74) is 0.563. The lowest BCUT2D eigenvalue weighted by atomic mass is 9.60. The van der Waals surface area contributed by atoms with Crippen molar-refractivity contribution in [1.29, 1.82) is 0 Å². The van der Waals surface area contributed by atoms with Crippen LogP contribution in [0.25, 0.3) is 0 Å². The number of hydrogen-bond acceptors (Lipinski definition) is 5. The minimum absolute atomic E-state index is 0.0426. The van der Waals surface area contributed by atoms with Crippen molar-refractivity contribution in [3.05, 3.63) is 17.8 Å². The van der Waals surface area contributed by atoms with Crippen molar-refractivity contribution in [2.45, 2.75) is 51.2 Å². The van der Waals surface area contributed by atoms with Crippen molar-refractivity contribution < 1.29 is 9.53 Å². The molecule has 132 valence electrons. The second-order valence-electron chi connectivity index (χ2n) is 7.22. The fourth-order valence-electron chi connectivity index (χ4n) is 4.39. The van der Waals surface area contributed by atoms with Crippen molar-refractivity contribution in [1.82, 2.24) is 15.1 Å². The van der Waals surface area contributed by atoms with E-state index in [2.05, 4.69) is 10.2 Å². The Morgan fingerprint density at radius 2 is 1.96 bits per heavy atom. The second kappa shape index (κ2) is 6.67. The highest BCUT2D eigenvalue weighted by Crippen LogP contribution is 2.56. The molecule has 0 radical (unpaired) electrons. The lowest BCUT2D eigenvalue weighted by molar-refractivity contribution is -0.152. The highest BCUT2D eigenvalue weighted by atomic mass is 16.5. The van der Waals surface area contributed by atoms with E-state index >= 15 is 0 Å². The summed E-state index contributed by atoms with van der Waals surface area (Å²) < 4.78 is 5.95. The monoisotopic (exact) mass is 332 g/mol. The molecule has 2 aliphatic carbocycles. The summed E-state index contributed by atoms with van der Waals surface area (Å²) in [5.74, 6) is 0.709. The second-order valence-corrected chi connectivity index (χ2v) is 7.22. The van der Waals surface area contributed by atoms with Crippen molar-refractivity contribution in [3.63, 3.8) is 0 Å². The number of anilines is 1. The number of nitrogens with zero attached hydrogens (tertiary/aromatic N) is 4. The number of carbonyl (C=O) groups excluding carboxylic acids is 1. The molecular formula is C18H28N4O2. The largest absolute Gasteiger partial charge is 0.378 e. The number of ether oxygens (including phenoxy) is 1. The summed E-state index contributed by atoms with van der Waals surface area (Å²) in [6.45, 7) is 2.79. The van der Waals surface area contributed by atoms with Crippen molar-refractivity contribution in [2.24, 2.45) is 5.41 Å². The van der Waals surface area contributed by atoms with E-state index in [1.807, 2.05) is 43.9 Å². The molecule has 0 N–H and O–H groups in total. The van der Waals surface area contributed by atoms with E-state index < -0.39 is 0 Å². The Kier molecular flexibility index (Phi) is 4.76. The minimum Gasteiger partial charge on any atom is -0.378 e. The molecule has 0 bridgehead atoms. The highest BCUT2D eigenvalue weighted by Gasteiger charge is 2.58. The average molecular weight is 332 g/mol. The fraction of sp³-hybridized carbons (Fsp3) is 0.722. The van der Waals surface area contributed by atoms with Gasteiger partial charge in [-0.1, -0.05) is 12.8 Å². The Bertz CT molecular complexity index is 581. The molecule has 2 atom stereocenters. The summed E-state index contributed by atoms with van der Waals surface area (Å²) >= 11 is 0. The minimum atomic E-state index is -0.0426. The third-order valence-corrected chi connectivity index (χ3v) is 5.76. The molecule has 1 aromatic heterocycles. The first-order valence-electron chi connectivity index (χ1n) is 8.89. The van der Waals surface area contributed by atoms with Gasteiger partial charge in [-0.2, -0.15) is 0 Å². The molecule has 1 amide bonds. The van der Waals surface area contributed by atoms with Crippen LogP contribution < -0.4 is 4.90 Å². The van der Waals surface area contributed by atoms with Crippen LogP contribution in [0.1, 0.15) is 49.5 Å². The van der Waals surface area contributed by atoms with Crippen LogP contribution in [0.15, 0.2) is 12.1 Å². The van der Waals surface area contributed by atoms with Crippen LogP contribution in [0.2, 0.25) is 0 Å². The van der Waals surface area contributed by atoms with Gasteiger partial charge in [0.2, 0.25) is 0 Å². The summed E-state index contributed by atoms with van der Waals surface area (Å²) in [6.07, 6.45) is 6.02. The summed E-state index contributed by atoms with van der Waals surface area (Å²) in [7, 11) is 5.71. The normalized spacial score (nSPS) is 24.7. The van der Waals surface area contributed by atoms with Crippen molar-refractivity contribution in [2.75, 3.05) is 32.6 Å². The Morgan fingerprint density at radius 3 is 2.50 bits per heavy atom. The van der Waals surface area contributed by atoms with Crippen LogP contribution in [0.4, 0.5) is 5.82 Å². The topological polar surface area (TPSA) is 58.6 Å². The number of rotatable bonds is 5. The zero-order valence-corrected chi connectivity index (χ0v) is 15.2. The summed E-state index contributed by atoms with van der Waals surface area (Å²) in [5, 5.41) is 8.24. The van der Waals surface area contributed by atoms with Crippen LogP contribution in [0.5, 0.6) is 0 Å². The van der Waals surface area contributed by atoms with Crippen LogP contribution in [0, 0.1) is 5.41 Å². The molecule has 2 unspecified atom stereocenters. The molecule has 3 rings (SSSR count). The van der Waals surface area contributed by atoms with Crippen LogP contribution in [0.3, 0.4) is 0 Å². The van der Waals surface area contributed by atoms with Gasteiger partial charge in [0.25, 0.3) is 5.91 Å². The fourth-order valence-corrected chi connectivity index (χ4v) is 4.39. The van der Waals surface area contributed by atoms with E-state index in [1.165, 1.54) is 12.8 Å². The Morgan fingerprint density at radius 1 is 1.25 bits per heavy atom. The quantitative estimate of drug-likeness (QED) is 0.828. The van der Waals surface area contributed by atoms with Crippen molar-refractivity contribution >= 4 is 11.7 Å². The van der Waals surface area contributed by atoms with Gasteiger partial charge in [-0.3, -0.25) is 4.79 Å². The lowest BCUT2D eigenvalue weighted by Gasteiger charge is -2.56. The molecule has 1 aromatic rings. The summed E-state index contributed by atoms with van der Waals surface area (Å²) in [4.78, 5) is 16.6. The molecule has 1 spiro atoms. The van der Waals surface area contributed by atoms with Gasteiger partial charge in [0.1, 0.15) is 0 Å². The molecule has 0 aliphatic heterocycles. The van der Waals surface area contributed by atoms with Gasteiger partial charge in [0, 0.05) is 39.2 Å². The first kappa shape index (κ1) is 17.1. The molecule has 2 fully saturated rings. The van der Waals surface area contributed by atoms with E-state index in [1.54, 1.807) is 6.07 Å². The third kappa shape index (κ3) is 2.77. The number of carbonyl (C=O) groups is 1. The Labute approximate surface area is 144 Å². The standard InChI is InChI=1S/C18H28N4O2/c1-5-24-15-12-14(18(15)10-6-7-11-18)22(4)17(23)13-8-9-16(20-19-13)21(2)3/h8-9,14-15H,5-7,10-12H2,1-4H3. The molecule has 6 nitrogen and oxygen atoms in total. The molecule has 0 saturated heterocycles. The number of aromatic nitrogens is 2.